The molecular formula is C22H17NO4. The molecule has 0 spiro atoms. The van der Waals surface area contributed by atoms with Crippen molar-refractivity contribution in [2.45, 2.75) is 13.0 Å². The molecule has 0 radical (unpaired) electrons. The predicted molar refractivity (Wildman–Crippen MR) is 102 cm³/mol. The first-order valence-corrected chi connectivity index (χ1v) is 8.60. The van der Waals surface area contributed by atoms with E-state index in [1.807, 2.05) is 54.6 Å². The Morgan fingerprint density at radius 3 is 2.63 bits per heavy atom. The average molecular weight is 359 g/mol. The molecule has 4 rings (SSSR count). The van der Waals surface area contributed by atoms with Gasteiger partial charge >= 0.3 is 5.97 Å². The summed E-state index contributed by atoms with van der Waals surface area (Å²) in [5.74, 6) is 0.575. The van der Waals surface area contributed by atoms with Gasteiger partial charge < -0.3 is 14.5 Å². The maximum Gasteiger partial charge on any atom is 0.310 e. The molecule has 134 valence electrons. The second-order valence-corrected chi connectivity index (χ2v) is 6.18. The number of furan rings is 1. The van der Waals surface area contributed by atoms with Crippen LogP contribution in [0.1, 0.15) is 22.6 Å². The smallest absolute Gasteiger partial charge is 0.310 e. The largest absolute Gasteiger partial charge is 0.458 e. The summed E-state index contributed by atoms with van der Waals surface area (Å²) in [7, 11) is 0. The summed E-state index contributed by atoms with van der Waals surface area (Å²) in [6.45, 7) is 0.0532. The van der Waals surface area contributed by atoms with Crippen molar-refractivity contribution >= 4 is 29.2 Å². The van der Waals surface area contributed by atoms with Gasteiger partial charge in [-0.1, -0.05) is 48.5 Å². The van der Waals surface area contributed by atoms with Gasteiger partial charge in [-0.25, -0.2) is 0 Å². The fourth-order valence-corrected chi connectivity index (χ4v) is 2.94. The number of para-hydroxylation sites is 1. The summed E-state index contributed by atoms with van der Waals surface area (Å²) in [4.78, 5) is 24.1. The molecule has 0 saturated heterocycles. The lowest BCUT2D eigenvalue weighted by Crippen LogP contribution is -2.07. The highest BCUT2D eigenvalue weighted by Crippen LogP contribution is 2.32. The highest BCUT2D eigenvalue weighted by molar-refractivity contribution is 6.34. The van der Waals surface area contributed by atoms with Gasteiger partial charge in [0.25, 0.3) is 5.91 Å². The maximum atomic E-state index is 12.1. The van der Waals surface area contributed by atoms with Gasteiger partial charge in [-0.05, 0) is 29.8 Å². The summed E-state index contributed by atoms with van der Waals surface area (Å²) < 4.78 is 10.9. The van der Waals surface area contributed by atoms with E-state index >= 15 is 0 Å². The van der Waals surface area contributed by atoms with E-state index in [-0.39, 0.29) is 24.9 Å². The van der Waals surface area contributed by atoms with Crippen LogP contribution >= 0.6 is 0 Å². The molecule has 0 fully saturated rings. The first kappa shape index (κ1) is 16.8. The van der Waals surface area contributed by atoms with E-state index in [0.29, 0.717) is 17.1 Å². The van der Waals surface area contributed by atoms with Crippen LogP contribution in [-0.4, -0.2) is 11.9 Å². The Labute approximate surface area is 156 Å². The van der Waals surface area contributed by atoms with Crippen LogP contribution in [0.15, 0.2) is 71.1 Å². The molecule has 0 saturated carbocycles. The first-order chi connectivity index (χ1) is 13.2. The Balaban J connectivity index is 1.41. The second-order valence-electron chi connectivity index (χ2n) is 6.18. The lowest BCUT2D eigenvalue weighted by Gasteiger charge is -2.03. The van der Waals surface area contributed by atoms with E-state index in [2.05, 4.69) is 5.32 Å². The number of carbonyl (C=O) groups is 2. The van der Waals surface area contributed by atoms with Crippen LogP contribution in [0.5, 0.6) is 0 Å². The van der Waals surface area contributed by atoms with E-state index in [1.54, 1.807) is 18.2 Å². The number of anilines is 1. The van der Waals surface area contributed by atoms with Crippen molar-refractivity contribution in [1.29, 1.82) is 0 Å². The predicted octanol–water partition coefficient (Wildman–Crippen LogP) is 4.06. The standard InChI is InChI=1S/C22H17NO4/c24-21(12-15-6-2-1-3-7-15)26-14-17-11-10-16(27-17)13-19-18-8-4-5-9-20(18)23-22(19)25/h1-11,13H,12,14H2,(H,23,25)/b19-13-. The van der Waals surface area contributed by atoms with E-state index in [9.17, 15) is 9.59 Å². The minimum absolute atomic E-state index is 0.0532. The Bertz CT molecular complexity index is 1020. The van der Waals surface area contributed by atoms with Crippen molar-refractivity contribution in [2.75, 3.05) is 5.32 Å². The van der Waals surface area contributed by atoms with E-state index in [1.165, 1.54) is 0 Å². The van der Waals surface area contributed by atoms with Gasteiger partial charge in [-0.2, -0.15) is 0 Å². The molecule has 0 atom stereocenters. The average Bonchev–Trinajstić information content (AvgIpc) is 3.26. The Kier molecular flexibility index (Phi) is 4.58. The Morgan fingerprint density at radius 2 is 1.78 bits per heavy atom. The molecule has 0 bridgehead atoms. The molecule has 0 aliphatic carbocycles. The molecule has 1 aliphatic heterocycles. The summed E-state index contributed by atoms with van der Waals surface area (Å²) in [6, 6.07) is 20.4. The molecule has 1 aliphatic rings. The van der Waals surface area contributed by atoms with Gasteiger partial charge in [0.2, 0.25) is 0 Å². The number of amides is 1. The second kappa shape index (κ2) is 7.33. The number of ether oxygens (including phenoxy) is 1. The van der Waals surface area contributed by atoms with Crippen LogP contribution in [0.3, 0.4) is 0 Å². The fourth-order valence-electron chi connectivity index (χ4n) is 2.94. The van der Waals surface area contributed by atoms with Crippen molar-refractivity contribution in [1.82, 2.24) is 0 Å². The van der Waals surface area contributed by atoms with Gasteiger partial charge in [0, 0.05) is 11.3 Å². The lowest BCUT2D eigenvalue weighted by molar-refractivity contribution is -0.144. The van der Waals surface area contributed by atoms with Gasteiger partial charge in [-0.15, -0.1) is 0 Å². The number of nitrogens with one attached hydrogen (secondary N) is 1. The summed E-state index contributed by atoms with van der Waals surface area (Å²) >= 11 is 0. The van der Waals surface area contributed by atoms with E-state index < -0.39 is 0 Å². The number of hydrogen-bond acceptors (Lipinski definition) is 4. The van der Waals surface area contributed by atoms with Gasteiger partial charge in [0.1, 0.15) is 18.1 Å². The van der Waals surface area contributed by atoms with Crippen molar-refractivity contribution in [3.63, 3.8) is 0 Å². The minimum Gasteiger partial charge on any atom is -0.458 e. The number of benzene rings is 2. The molecule has 1 amide bonds. The third-order valence-electron chi connectivity index (χ3n) is 4.25. The van der Waals surface area contributed by atoms with Gasteiger partial charge in [0.05, 0.1) is 12.0 Å². The zero-order chi connectivity index (χ0) is 18.6. The number of rotatable bonds is 5. The van der Waals surface area contributed by atoms with Gasteiger partial charge in [0.15, 0.2) is 0 Å². The van der Waals surface area contributed by atoms with Crippen LogP contribution in [0.4, 0.5) is 5.69 Å². The molecule has 2 heterocycles. The molecule has 3 aromatic rings. The highest BCUT2D eigenvalue weighted by atomic mass is 16.5. The molecule has 5 nitrogen and oxygen atoms in total. The highest BCUT2D eigenvalue weighted by Gasteiger charge is 2.23. The third kappa shape index (κ3) is 3.82. The number of fused-ring (bicyclic) bond motifs is 1. The Morgan fingerprint density at radius 1 is 1.00 bits per heavy atom. The van der Waals surface area contributed by atoms with Crippen LogP contribution in [-0.2, 0) is 27.4 Å². The lowest BCUT2D eigenvalue weighted by atomic mass is 10.1. The van der Waals surface area contributed by atoms with Crippen LogP contribution < -0.4 is 5.32 Å². The summed E-state index contributed by atoms with van der Waals surface area (Å²) in [5, 5.41) is 2.82. The molecule has 1 N–H and O–H groups in total. The molecule has 27 heavy (non-hydrogen) atoms. The monoisotopic (exact) mass is 359 g/mol. The molecule has 0 unspecified atom stereocenters. The van der Waals surface area contributed by atoms with Crippen molar-refractivity contribution in [2.24, 2.45) is 0 Å². The fraction of sp³-hybridized carbons (Fsp3) is 0.0909. The van der Waals surface area contributed by atoms with Gasteiger partial charge in [-0.3, -0.25) is 9.59 Å². The zero-order valence-corrected chi connectivity index (χ0v) is 14.5. The zero-order valence-electron chi connectivity index (χ0n) is 14.5. The van der Waals surface area contributed by atoms with Crippen LogP contribution in [0.2, 0.25) is 0 Å². The van der Waals surface area contributed by atoms with Crippen molar-refractivity contribution in [3.05, 3.63) is 89.4 Å². The van der Waals surface area contributed by atoms with Crippen molar-refractivity contribution in [3.8, 4) is 0 Å². The summed E-state index contributed by atoms with van der Waals surface area (Å²) in [6.07, 6.45) is 1.91. The molecular weight excluding hydrogens is 342 g/mol. The SMILES string of the molecule is O=C(Cc1ccccc1)OCc1ccc(/C=C2\C(=O)Nc3ccccc32)o1. The number of esters is 1. The topological polar surface area (TPSA) is 68.5 Å². The van der Waals surface area contributed by atoms with Crippen LogP contribution in [0, 0.1) is 0 Å². The number of carbonyl (C=O) groups excluding carboxylic acids is 2. The molecule has 5 heteroatoms. The van der Waals surface area contributed by atoms with Crippen LogP contribution in [0.25, 0.3) is 11.6 Å². The van der Waals surface area contributed by atoms with E-state index in [4.69, 9.17) is 9.15 Å². The third-order valence-corrected chi connectivity index (χ3v) is 4.25. The van der Waals surface area contributed by atoms with Crippen molar-refractivity contribution < 1.29 is 18.7 Å². The molecule has 1 aromatic heterocycles. The minimum atomic E-state index is -0.318. The maximum absolute atomic E-state index is 12.1. The number of hydrogen-bond donors (Lipinski definition) is 1. The summed E-state index contributed by atoms with van der Waals surface area (Å²) in [5.41, 5.74) is 3.08. The molecule has 2 aromatic carbocycles. The normalized spacial score (nSPS) is 14.1. The first-order valence-electron chi connectivity index (χ1n) is 8.60. The van der Waals surface area contributed by atoms with E-state index in [0.717, 1.165) is 16.8 Å². The quantitative estimate of drug-likeness (QED) is 0.551. The Hall–Kier alpha value is -3.60.